The summed E-state index contributed by atoms with van der Waals surface area (Å²) in [6.07, 6.45) is 1.11. The normalized spacial score (nSPS) is 10.5. The molecule has 0 fully saturated rings. The van der Waals surface area contributed by atoms with Crippen molar-refractivity contribution in [1.82, 2.24) is 0 Å². The Hall–Kier alpha value is -0.510. The Kier molecular flexibility index (Phi) is 7.34. The molecule has 0 saturated carbocycles. The SMILES string of the molecule is NCCOCCCSCc1ccccc1. The van der Waals surface area contributed by atoms with Crippen LogP contribution in [0.2, 0.25) is 0 Å². The largest absolute Gasteiger partial charge is 0.380 e. The van der Waals surface area contributed by atoms with Gasteiger partial charge in [-0.15, -0.1) is 0 Å². The Bertz CT molecular complexity index is 241. The van der Waals surface area contributed by atoms with Crippen LogP contribution < -0.4 is 5.73 Å². The van der Waals surface area contributed by atoms with Crippen molar-refractivity contribution in [2.75, 3.05) is 25.5 Å². The van der Waals surface area contributed by atoms with Crippen molar-refractivity contribution < 1.29 is 4.74 Å². The third kappa shape index (κ3) is 6.55. The molecule has 0 amide bonds. The van der Waals surface area contributed by atoms with Crippen molar-refractivity contribution in [2.45, 2.75) is 12.2 Å². The predicted molar refractivity (Wildman–Crippen MR) is 67.1 cm³/mol. The van der Waals surface area contributed by atoms with Crippen molar-refractivity contribution in [3.63, 3.8) is 0 Å². The standard InChI is InChI=1S/C12H19NOS/c13-7-9-14-8-4-10-15-11-12-5-2-1-3-6-12/h1-3,5-6H,4,7-11,13H2. The highest BCUT2D eigenvalue weighted by Crippen LogP contribution is 2.12. The van der Waals surface area contributed by atoms with Crippen LogP contribution in [-0.2, 0) is 10.5 Å². The minimum atomic E-state index is 0.622. The Labute approximate surface area is 96.2 Å². The van der Waals surface area contributed by atoms with Gasteiger partial charge in [0.05, 0.1) is 6.61 Å². The summed E-state index contributed by atoms with van der Waals surface area (Å²) in [4.78, 5) is 0. The molecule has 3 heteroatoms. The second-order valence-electron chi connectivity index (χ2n) is 3.29. The van der Waals surface area contributed by atoms with Gasteiger partial charge in [0.25, 0.3) is 0 Å². The Morgan fingerprint density at radius 3 is 2.67 bits per heavy atom. The Balaban J connectivity index is 1.93. The summed E-state index contributed by atoms with van der Waals surface area (Å²) >= 11 is 1.95. The topological polar surface area (TPSA) is 35.2 Å². The zero-order valence-corrected chi connectivity index (χ0v) is 9.84. The number of hydrogen-bond acceptors (Lipinski definition) is 3. The molecule has 0 aliphatic heterocycles. The van der Waals surface area contributed by atoms with Crippen molar-refractivity contribution in [3.05, 3.63) is 35.9 Å². The number of nitrogens with two attached hydrogens (primary N) is 1. The Morgan fingerprint density at radius 2 is 1.93 bits per heavy atom. The number of ether oxygens (including phenoxy) is 1. The molecule has 0 heterocycles. The lowest BCUT2D eigenvalue weighted by atomic mass is 10.2. The molecule has 0 aliphatic carbocycles. The molecule has 0 bridgehead atoms. The predicted octanol–water partition coefficient (Wildman–Crippen LogP) is 2.29. The maximum absolute atomic E-state index is 5.32. The van der Waals surface area contributed by atoms with E-state index in [1.165, 1.54) is 5.56 Å². The van der Waals surface area contributed by atoms with E-state index in [2.05, 4.69) is 30.3 Å². The second-order valence-corrected chi connectivity index (χ2v) is 4.40. The zero-order valence-electron chi connectivity index (χ0n) is 9.02. The van der Waals surface area contributed by atoms with Gasteiger partial charge in [-0.2, -0.15) is 11.8 Å². The van der Waals surface area contributed by atoms with E-state index in [0.29, 0.717) is 13.2 Å². The molecule has 1 aromatic carbocycles. The van der Waals surface area contributed by atoms with E-state index < -0.39 is 0 Å². The molecular formula is C12H19NOS. The average molecular weight is 225 g/mol. The van der Waals surface area contributed by atoms with Crippen LogP contribution in [0.15, 0.2) is 30.3 Å². The van der Waals surface area contributed by atoms with Crippen molar-refractivity contribution in [1.29, 1.82) is 0 Å². The molecule has 84 valence electrons. The van der Waals surface area contributed by atoms with E-state index in [4.69, 9.17) is 10.5 Å². The minimum Gasteiger partial charge on any atom is -0.380 e. The van der Waals surface area contributed by atoms with E-state index >= 15 is 0 Å². The molecule has 0 unspecified atom stereocenters. The molecule has 0 spiro atoms. The molecule has 15 heavy (non-hydrogen) atoms. The first-order valence-electron chi connectivity index (χ1n) is 5.33. The van der Waals surface area contributed by atoms with Crippen LogP contribution in [0, 0.1) is 0 Å². The van der Waals surface area contributed by atoms with Crippen LogP contribution in [-0.4, -0.2) is 25.5 Å². The van der Waals surface area contributed by atoms with Crippen LogP contribution in [0.3, 0.4) is 0 Å². The van der Waals surface area contributed by atoms with Gasteiger partial charge in [0, 0.05) is 18.9 Å². The van der Waals surface area contributed by atoms with E-state index in [-0.39, 0.29) is 0 Å². The summed E-state index contributed by atoms with van der Waals surface area (Å²) in [6.45, 7) is 2.14. The summed E-state index contributed by atoms with van der Waals surface area (Å²) in [5.74, 6) is 2.25. The molecule has 0 atom stereocenters. The van der Waals surface area contributed by atoms with E-state index in [0.717, 1.165) is 24.5 Å². The summed E-state index contributed by atoms with van der Waals surface area (Å²) in [6, 6.07) is 10.5. The lowest BCUT2D eigenvalue weighted by Gasteiger charge is -2.03. The molecule has 0 radical (unpaired) electrons. The van der Waals surface area contributed by atoms with Crippen molar-refractivity contribution in [3.8, 4) is 0 Å². The lowest BCUT2D eigenvalue weighted by Crippen LogP contribution is -2.09. The number of thioether (sulfide) groups is 1. The average Bonchev–Trinajstić information content (AvgIpc) is 2.29. The monoisotopic (exact) mass is 225 g/mol. The number of hydrogen-bond donors (Lipinski definition) is 1. The van der Waals surface area contributed by atoms with Gasteiger partial charge in [0.2, 0.25) is 0 Å². The van der Waals surface area contributed by atoms with Gasteiger partial charge in [-0.3, -0.25) is 0 Å². The summed E-state index contributed by atoms with van der Waals surface area (Å²) in [7, 11) is 0. The first kappa shape index (κ1) is 12.6. The van der Waals surface area contributed by atoms with E-state index in [9.17, 15) is 0 Å². The van der Waals surface area contributed by atoms with Gasteiger partial charge in [-0.25, -0.2) is 0 Å². The van der Waals surface area contributed by atoms with Crippen molar-refractivity contribution in [2.24, 2.45) is 5.73 Å². The van der Waals surface area contributed by atoms with Gasteiger partial charge in [-0.1, -0.05) is 30.3 Å². The first-order chi connectivity index (χ1) is 7.43. The van der Waals surface area contributed by atoms with Crippen LogP contribution >= 0.6 is 11.8 Å². The lowest BCUT2D eigenvalue weighted by molar-refractivity contribution is 0.143. The van der Waals surface area contributed by atoms with E-state index in [1.807, 2.05) is 11.8 Å². The van der Waals surface area contributed by atoms with Gasteiger partial charge in [0.15, 0.2) is 0 Å². The minimum absolute atomic E-state index is 0.622. The fourth-order valence-corrected chi connectivity index (χ4v) is 2.11. The van der Waals surface area contributed by atoms with Crippen LogP contribution in [0.5, 0.6) is 0 Å². The molecule has 1 aromatic rings. The second kappa shape index (κ2) is 8.77. The fraction of sp³-hybridized carbons (Fsp3) is 0.500. The van der Waals surface area contributed by atoms with Crippen LogP contribution in [0.1, 0.15) is 12.0 Å². The molecule has 2 nitrogen and oxygen atoms in total. The number of rotatable bonds is 8. The maximum atomic E-state index is 5.32. The van der Waals surface area contributed by atoms with Gasteiger partial charge in [0.1, 0.15) is 0 Å². The summed E-state index contributed by atoms with van der Waals surface area (Å²) in [5.41, 5.74) is 6.71. The molecular weight excluding hydrogens is 206 g/mol. The summed E-state index contributed by atoms with van der Waals surface area (Å²) < 4.78 is 5.30. The zero-order chi connectivity index (χ0) is 10.8. The number of benzene rings is 1. The summed E-state index contributed by atoms with van der Waals surface area (Å²) in [5, 5.41) is 0. The van der Waals surface area contributed by atoms with Gasteiger partial charge >= 0.3 is 0 Å². The molecule has 1 rings (SSSR count). The van der Waals surface area contributed by atoms with Gasteiger partial charge < -0.3 is 10.5 Å². The molecule has 0 aromatic heterocycles. The van der Waals surface area contributed by atoms with Crippen molar-refractivity contribution >= 4 is 11.8 Å². The third-order valence-electron chi connectivity index (χ3n) is 1.95. The fourth-order valence-electron chi connectivity index (χ4n) is 1.21. The highest BCUT2D eigenvalue weighted by Gasteiger charge is 1.92. The third-order valence-corrected chi connectivity index (χ3v) is 3.07. The van der Waals surface area contributed by atoms with E-state index in [1.54, 1.807) is 0 Å². The first-order valence-corrected chi connectivity index (χ1v) is 6.48. The van der Waals surface area contributed by atoms with Gasteiger partial charge in [-0.05, 0) is 17.7 Å². The van der Waals surface area contributed by atoms with Crippen LogP contribution in [0.25, 0.3) is 0 Å². The molecule has 0 saturated heterocycles. The molecule has 2 N–H and O–H groups in total. The van der Waals surface area contributed by atoms with Crippen LogP contribution in [0.4, 0.5) is 0 Å². The maximum Gasteiger partial charge on any atom is 0.0588 e. The highest BCUT2D eigenvalue weighted by molar-refractivity contribution is 7.98. The highest BCUT2D eigenvalue weighted by atomic mass is 32.2. The Morgan fingerprint density at radius 1 is 1.13 bits per heavy atom. The smallest absolute Gasteiger partial charge is 0.0588 e. The quantitative estimate of drug-likeness (QED) is 0.689. The molecule has 0 aliphatic rings.